The Balaban J connectivity index is 1.56. The van der Waals surface area contributed by atoms with E-state index < -0.39 is 0 Å². The maximum absolute atomic E-state index is 11.9. The normalized spacial score (nSPS) is 17.4. The predicted molar refractivity (Wildman–Crippen MR) is 112 cm³/mol. The van der Waals surface area contributed by atoms with Crippen LogP contribution in [0.1, 0.15) is 25.0 Å². The first-order valence-electron chi connectivity index (χ1n) is 9.70. The quantitative estimate of drug-likeness (QED) is 0.428. The molecule has 3 N–H and O–H groups in total. The molecular weight excluding hydrogens is 384 g/mol. The Bertz CT molecular complexity index is 1190. The van der Waals surface area contributed by atoms with E-state index in [4.69, 9.17) is 4.74 Å². The molecule has 30 heavy (non-hydrogen) atoms. The molecule has 9 nitrogen and oxygen atoms in total. The van der Waals surface area contributed by atoms with Gasteiger partial charge in [-0.1, -0.05) is 6.07 Å². The molecule has 1 aliphatic carbocycles. The zero-order valence-corrected chi connectivity index (χ0v) is 16.3. The number of fused-ring (bicyclic) bond motifs is 1. The molecule has 3 aromatic rings. The number of nitrogens with zero attached hydrogens (tertiary/aromatic N) is 3. The third kappa shape index (κ3) is 3.57. The van der Waals surface area contributed by atoms with Crippen molar-refractivity contribution in [1.82, 2.24) is 19.9 Å². The number of benzene rings is 1. The summed E-state index contributed by atoms with van der Waals surface area (Å²) >= 11 is 0. The van der Waals surface area contributed by atoms with Gasteiger partial charge in [0.2, 0.25) is 5.91 Å². The summed E-state index contributed by atoms with van der Waals surface area (Å²) in [6.45, 7) is 0. The molecule has 152 valence electrons. The second kappa shape index (κ2) is 7.18. The van der Waals surface area contributed by atoms with Gasteiger partial charge in [0.15, 0.2) is 11.5 Å². The number of hydrogen-bond donors (Lipinski definition) is 3. The van der Waals surface area contributed by atoms with Crippen LogP contribution in [0.25, 0.3) is 11.7 Å². The fourth-order valence-corrected chi connectivity index (χ4v) is 3.35. The monoisotopic (exact) mass is 404 g/mol. The zero-order valence-electron chi connectivity index (χ0n) is 16.3. The number of rotatable bonds is 6. The number of anilines is 3. The summed E-state index contributed by atoms with van der Waals surface area (Å²) < 4.78 is 6.96. The van der Waals surface area contributed by atoms with Crippen molar-refractivity contribution < 1.29 is 14.3 Å². The van der Waals surface area contributed by atoms with E-state index in [1.54, 1.807) is 23.9 Å². The maximum atomic E-state index is 11.9. The topological polar surface area (TPSA) is 110 Å². The van der Waals surface area contributed by atoms with Crippen LogP contribution in [0.3, 0.4) is 0 Å². The van der Waals surface area contributed by atoms with E-state index in [9.17, 15) is 9.59 Å². The lowest BCUT2D eigenvalue weighted by molar-refractivity contribution is -0.124. The van der Waals surface area contributed by atoms with Crippen molar-refractivity contribution >= 4 is 40.7 Å². The molecule has 2 fully saturated rings. The van der Waals surface area contributed by atoms with Crippen molar-refractivity contribution in [3.63, 3.8) is 0 Å². The minimum absolute atomic E-state index is 0.0565. The summed E-state index contributed by atoms with van der Waals surface area (Å²) in [5, 5.41) is 13.7. The van der Waals surface area contributed by atoms with Crippen molar-refractivity contribution in [1.29, 1.82) is 0 Å². The van der Waals surface area contributed by atoms with Gasteiger partial charge in [-0.2, -0.15) is 0 Å². The van der Waals surface area contributed by atoms with Crippen molar-refractivity contribution in [3.8, 4) is 5.75 Å². The fourth-order valence-electron chi connectivity index (χ4n) is 3.35. The molecule has 0 unspecified atom stereocenters. The van der Waals surface area contributed by atoms with E-state index >= 15 is 0 Å². The summed E-state index contributed by atoms with van der Waals surface area (Å²) in [6.07, 6.45) is 5.60. The van der Waals surface area contributed by atoms with E-state index in [0.717, 1.165) is 30.0 Å². The molecule has 9 heteroatoms. The van der Waals surface area contributed by atoms with Gasteiger partial charge in [-0.3, -0.25) is 14.9 Å². The number of carbonyl (C=O) groups is 2. The highest BCUT2D eigenvalue weighted by molar-refractivity contribution is 6.15. The Labute approximate surface area is 172 Å². The molecule has 3 heterocycles. The van der Waals surface area contributed by atoms with E-state index in [1.807, 2.05) is 30.3 Å². The Hall–Kier alpha value is -3.88. The van der Waals surface area contributed by atoms with E-state index in [1.165, 1.54) is 0 Å². The van der Waals surface area contributed by atoms with Gasteiger partial charge in [0, 0.05) is 29.4 Å². The van der Waals surface area contributed by atoms with E-state index in [-0.39, 0.29) is 18.2 Å². The smallest absolute Gasteiger partial charge is 0.254 e. The Morgan fingerprint density at radius 1 is 1.27 bits per heavy atom. The first kappa shape index (κ1) is 18.2. The van der Waals surface area contributed by atoms with Crippen LogP contribution in [0.15, 0.2) is 42.1 Å². The second-order valence-corrected chi connectivity index (χ2v) is 7.36. The lowest BCUT2D eigenvalue weighted by Gasteiger charge is -2.12. The van der Waals surface area contributed by atoms with Crippen LogP contribution in [0.4, 0.5) is 17.2 Å². The van der Waals surface area contributed by atoms with Crippen LogP contribution in [-0.2, 0) is 9.59 Å². The Kier molecular flexibility index (Phi) is 4.35. The Morgan fingerprint density at radius 2 is 2.13 bits per heavy atom. The molecule has 0 bridgehead atoms. The molecule has 0 radical (unpaired) electrons. The number of imidazole rings is 1. The largest absolute Gasteiger partial charge is 0.497 e. The summed E-state index contributed by atoms with van der Waals surface area (Å²) in [7, 11) is 1.62. The van der Waals surface area contributed by atoms with Crippen molar-refractivity contribution in [2.24, 2.45) is 0 Å². The first-order valence-corrected chi connectivity index (χ1v) is 9.70. The maximum Gasteiger partial charge on any atom is 0.254 e. The number of nitrogens with one attached hydrogen (secondary N) is 3. The highest BCUT2D eigenvalue weighted by atomic mass is 16.5. The van der Waals surface area contributed by atoms with Crippen LogP contribution in [0.2, 0.25) is 0 Å². The van der Waals surface area contributed by atoms with Gasteiger partial charge in [-0.25, -0.2) is 9.50 Å². The average molecular weight is 404 g/mol. The van der Waals surface area contributed by atoms with Gasteiger partial charge in [0.25, 0.3) is 5.91 Å². The average Bonchev–Trinajstić information content (AvgIpc) is 3.37. The van der Waals surface area contributed by atoms with Gasteiger partial charge < -0.3 is 15.4 Å². The molecule has 1 saturated carbocycles. The SMILES string of the molecule is COc1cccc(Nc2cc(NC3CC3)c3ncc(C=C4CC(=O)NC4=O)n3n2)c1. The zero-order chi connectivity index (χ0) is 20.7. The van der Waals surface area contributed by atoms with Gasteiger partial charge in [-0.05, 0) is 31.1 Å². The van der Waals surface area contributed by atoms with Gasteiger partial charge >= 0.3 is 0 Å². The van der Waals surface area contributed by atoms with Crippen LogP contribution in [0, 0.1) is 0 Å². The molecule has 0 atom stereocenters. The highest BCUT2D eigenvalue weighted by Crippen LogP contribution is 2.30. The number of aromatic nitrogens is 3. The number of imide groups is 1. The van der Waals surface area contributed by atoms with E-state index in [0.29, 0.717) is 28.8 Å². The molecule has 5 rings (SSSR count). The van der Waals surface area contributed by atoms with Gasteiger partial charge in [0.05, 0.1) is 31.1 Å². The molecule has 2 amide bonds. The standard InChI is InChI=1S/C21H20N6O3/c1-30-16-4-2-3-14(9-16)24-18-10-17(23-13-5-6-13)20-22-11-15(27(20)26-18)7-12-8-19(28)25-21(12)29/h2-4,7,9-11,13,23H,5-6,8H2,1H3,(H,24,26)(H,25,28,29). The number of hydrogen-bond acceptors (Lipinski definition) is 7. The van der Waals surface area contributed by atoms with Gasteiger partial charge in [0.1, 0.15) is 5.75 Å². The van der Waals surface area contributed by atoms with Crippen LogP contribution in [-0.4, -0.2) is 39.6 Å². The van der Waals surface area contributed by atoms with Crippen molar-refractivity contribution in [2.75, 3.05) is 17.7 Å². The summed E-state index contributed by atoms with van der Waals surface area (Å²) in [6, 6.07) is 9.92. The molecule has 2 aliphatic rings. The second-order valence-electron chi connectivity index (χ2n) is 7.36. The lowest BCUT2D eigenvalue weighted by Crippen LogP contribution is -2.19. The number of amides is 2. The summed E-state index contributed by atoms with van der Waals surface area (Å²) in [5.74, 6) is 0.673. The summed E-state index contributed by atoms with van der Waals surface area (Å²) in [5.41, 5.74) is 3.37. The minimum Gasteiger partial charge on any atom is -0.497 e. The molecule has 0 spiro atoms. The van der Waals surface area contributed by atoms with Crippen LogP contribution < -0.4 is 20.7 Å². The lowest BCUT2D eigenvalue weighted by atomic mass is 10.2. The summed E-state index contributed by atoms with van der Waals surface area (Å²) in [4.78, 5) is 27.9. The number of ether oxygens (including phenoxy) is 1. The van der Waals surface area contributed by atoms with Crippen molar-refractivity contribution in [3.05, 3.63) is 47.8 Å². The number of carbonyl (C=O) groups excluding carboxylic acids is 2. The third-order valence-corrected chi connectivity index (χ3v) is 4.99. The fraction of sp³-hybridized carbons (Fsp3) is 0.238. The first-order chi connectivity index (χ1) is 14.6. The highest BCUT2D eigenvalue weighted by Gasteiger charge is 2.25. The third-order valence-electron chi connectivity index (χ3n) is 4.99. The predicted octanol–water partition coefficient (Wildman–Crippen LogP) is 2.49. The van der Waals surface area contributed by atoms with Gasteiger partial charge in [-0.15, -0.1) is 5.10 Å². The Morgan fingerprint density at radius 3 is 2.87 bits per heavy atom. The molecule has 1 saturated heterocycles. The molecule has 1 aliphatic heterocycles. The van der Waals surface area contributed by atoms with E-state index in [2.05, 4.69) is 26.0 Å². The molecular formula is C21H20N6O3. The minimum atomic E-state index is -0.378. The number of methoxy groups -OCH3 is 1. The van der Waals surface area contributed by atoms with Crippen molar-refractivity contribution in [2.45, 2.75) is 25.3 Å². The van der Waals surface area contributed by atoms with Crippen LogP contribution >= 0.6 is 0 Å². The molecule has 1 aromatic carbocycles. The van der Waals surface area contributed by atoms with Crippen LogP contribution in [0.5, 0.6) is 5.75 Å². The molecule has 2 aromatic heterocycles.